The smallest absolute Gasteiger partial charge is 0.218 e. The van der Waals surface area contributed by atoms with Crippen LogP contribution in [0.4, 0.5) is 0 Å². The van der Waals surface area contributed by atoms with Crippen molar-refractivity contribution < 1.29 is 12.9 Å². The van der Waals surface area contributed by atoms with Crippen molar-refractivity contribution in [3.8, 4) is 0 Å². The van der Waals surface area contributed by atoms with E-state index in [-0.39, 0.29) is 12.3 Å². The zero-order chi connectivity index (χ0) is 14.8. The Morgan fingerprint density at radius 2 is 2.05 bits per heavy atom. The lowest BCUT2D eigenvalue weighted by atomic mass is 10.2. The molecule has 5 nitrogen and oxygen atoms in total. The Morgan fingerprint density at radius 3 is 2.65 bits per heavy atom. The third kappa shape index (κ3) is 3.59. The van der Waals surface area contributed by atoms with Crippen LogP contribution in [-0.4, -0.2) is 24.9 Å². The molecule has 20 heavy (non-hydrogen) atoms. The van der Waals surface area contributed by atoms with E-state index >= 15 is 0 Å². The SMILES string of the molecule is Cc1cc(CN(C)S(=O)(=O)Cc2ccccc2Cl)no1. The molecule has 0 fully saturated rings. The van der Waals surface area contributed by atoms with Gasteiger partial charge in [-0.1, -0.05) is 35.0 Å². The zero-order valence-corrected chi connectivity index (χ0v) is 12.8. The second-order valence-corrected chi connectivity index (χ2v) is 7.02. The molecule has 2 aromatic rings. The fourth-order valence-corrected chi connectivity index (χ4v) is 3.22. The summed E-state index contributed by atoms with van der Waals surface area (Å²) in [7, 11) is -1.95. The van der Waals surface area contributed by atoms with Crippen LogP contribution in [0.5, 0.6) is 0 Å². The minimum absolute atomic E-state index is 0.139. The lowest BCUT2D eigenvalue weighted by Crippen LogP contribution is -2.28. The molecule has 108 valence electrons. The highest BCUT2D eigenvalue weighted by Gasteiger charge is 2.21. The summed E-state index contributed by atoms with van der Waals surface area (Å²) in [5.74, 6) is 0.511. The molecule has 0 amide bonds. The summed E-state index contributed by atoms with van der Waals surface area (Å²) in [6.45, 7) is 1.93. The molecular formula is C13H15ClN2O3S. The second-order valence-electron chi connectivity index (χ2n) is 4.53. The molecule has 1 aromatic heterocycles. The second kappa shape index (κ2) is 5.95. The van der Waals surface area contributed by atoms with E-state index in [4.69, 9.17) is 16.1 Å². The van der Waals surface area contributed by atoms with E-state index in [1.165, 1.54) is 11.4 Å². The molecule has 0 N–H and O–H groups in total. The average molecular weight is 315 g/mol. The van der Waals surface area contributed by atoms with E-state index in [2.05, 4.69) is 5.16 Å². The van der Waals surface area contributed by atoms with Gasteiger partial charge in [-0.05, 0) is 18.6 Å². The molecule has 1 aromatic carbocycles. The first-order valence-corrected chi connectivity index (χ1v) is 7.97. The molecule has 0 aliphatic heterocycles. The minimum atomic E-state index is -3.46. The Bertz CT molecular complexity index is 697. The van der Waals surface area contributed by atoms with Crippen molar-refractivity contribution in [2.45, 2.75) is 19.2 Å². The fourth-order valence-electron chi connectivity index (χ4n) is 1.74. The molecule has 0 bridgehead atoms. The highest BCUT2D eigenvalue weighted by Crippen LogP contribution is 2.19. The lowest BCUT2D eigenvalue weighted by Gasteiger charge is -2.16. The standard InChI is InChI=1S/C13H15ClN2O3S/c1-10-7-12(15-19-10)8-16(2)20(17,18)9-11-5-3-4-6-13(11)14/h3-7H,8-9H2,1-2H3. The normalized spacial score (nSPS) is 12.0. The molecule has 0 saturated heterocycles. The number of aryl methyl sites for hydroxylation is 1. The Hall–Kier alpha value is -1.37. The van der Waals surface area contributed by atoms with Gasteiger partial charge >= 0.3 is 0 Å². The van der Waals surface area contributed by atoms with E-state index in [1.54, 1.807) is 37.3 Å². The Kier molecular flexibility index (Phi) is 4.47. The predicted octanol–water partition coefficient (Wildman–Crippen LogP) is 2.60. The highest BCUT2D eigenvalue weighted by atomic mass is 35.5. The molecule has 0 aliphatic carbocycles. The van der Waals surface area contributed by atoms with Crippen LogP contribution in [-0.2, 0) is 22.3 Å². The van der Waals surface area contributed by atoms with Gasteiger partial charge in [0.15, 0.2) is 0 Å². The van der Waals surface area contributed by atoms with Gasteiger partial charge in [0, 0.05) is 18.1 Å². The van der Waals surface area contributed by atoms with Crippen molar-refractivity contribution in [2.75, 3.05) is 7.05 Å². The van der Waals surface area contributed by atoms with Gasteiger partial charge in [0.1, 0.15) is 5.76 Å². The van der Waals surface area contributed by atoms with Crippen molar-refractivity contribution in [2.24, 2.45) is 0 Å². The number of sulfonamides is 1. The van der Waals surface area contributed by atoms with Crippen molar-refractivity contribution in [3.05, 3.63) is 52.4 Å². The summed E-state index contributed by atoms with van der Waals surface area (Å²) >= 11 is 5.99. The number of hydrogen-bond acceptors (Lipinski definition) is 4. The zero-order valence-electron chi connectivity index (χ0n) is 11.2. The van der Waals surface area contributed by atoms with Crippen LogP contribution in [0.1, 0.15) is 17.0 Å². The van der Waals surface area contributed by atoms with Gasteiger partial charge in [-0.2, -0.15) is 4.31 Å². The van der Waals surface area contributed by atoms with Gasteiger partial charge in [0.05, 0.1) is 18.0 Å². The monoisotopic (exact) mass is 314 g/mol. The molecule has 0 atom stereocenters. The first kappa shape index (κ1) is 15.0. The average Bonchev–Trinajstić information content (AvgIpc) is 2.77. The number of benzene rings is 1. The molecule has 7 heteroatoms. The van der Waals surface area contributed by atoms with Gasteiger partial charge in [-0.15, -0.1) is 0 Å². The van der Waals surface area contributed by atoms with E-state index in [9.17, 15) is 8.42 Å². The topological polar surface area (TPSA) is 63.4 Å². The van der Waals surface area contributed by atoms with Gasteiger partial charge < -0.3 is 4.52 Å². The maximum atomic E-state index is 12.3. The van der Waals surface area contributed by atoms with Gasteiger partial charge in [-0.25, -0.2) is 8.42 Å². The molecule has 0 spiro atoms. The van der Waals surface area contributed by atoms with Crippen molar-refractivity contribution in [3.63, 3.8) is 0 Å². The van der Waals surface area contributed by atoms with Gasteiger partial charge in [0.25, 0.3) is 0 Å². The molecule has 0 radical (unpaired) electrons. The van der Waals surface area contributed by atoms with Crippen LogP contribution >= 0.6 is 11.6 Å². The number of hydrogen-bond donors (Lipinski definition) is 0. The van der Waals surface area contributed by atoms with E-state index < -0.39 is 10.0 Å². The van der Waals surface area contributed by atoms with Gasteiger partial charge in [0.2, 0.25) is 10.0 Å². The van der Waals surface area contributed by atoms with Crippen LogP contribution in [0.15, 0.2) is 34.9 Å². The number of nitrogens with zero attached hydrogens (tertiary/aromatic N) is 2. The largest absolute Gasteiger partial charge is 0.361 e. The summed E-state index contributed by atoms with van der Waals surface area (Å²) in [5, 5.41) is 4.23. The molecular weight excluding hydrogens is 300 g/mol. The first-order chi connectivity index (χ1) is 9.38. The minimum Gasteiger partial charge on any atom is -0.361 e. The van der Waals surface area contributed by atoms with Crippen molar-refractivity contribution in [1.82, 2.24) is 9.46 Å². The Labute approximate surface area is 123 Å². The van der Waals surface area contributed by atoms with Crippen LogP contribution in [0.3, 0.4) is 0 Å². The highest BCUT2D eigenvalue weighted by molar-refractivity contribution is 7.88. The maximum Gasteiger partial charge on any atom is 0.218 e. The van der Waals surface area contributed by atoms with Crippen LogP contribution in [0.25, 0.3) is 0 Å². The molecule has 1 heterocycles. The Balaban J connectivity index is 2.12. The molecule has 0 aliphatic rings. The summed E-state index contributed by atoms with van der Waals surface area (Å²) in [4.78, 5) is 0. The summed E-state index contributed by atoms with van der Waals surface area (Å²) in [6, 6.07) is 8.61. The molecule has 2 rings (SSSR count). The third-order valence-corrected chi connectivity index (χ3v) is 4.96. The summed E-state index contributed by atoms with van der Waals surface area (Å²) < 4.78 is 30.7. The fraction of sp³-hybridized carbons (Fsp3) is 0.308. The van der Waals surface area contributed by atoms with E-state index in [1.807, 2.05) is 0 Å². The number of aromatic nitrogens is 1. The van der Waals surface area contributed by atoms with E-state index in [0.29, 0.717) is 22.0 Å². The molecule has 0 unspecified atom stereocenters. The van der Waals surface area contributed by atoms with Crippen LogP contribution < -0.4 is 0 Å². The van der Waals surface area contributed by atoms with E-state index in [0.717, 1.165) is 0 Å². The first-order valence-electron chi connectivity index (χ1n) is 5.98. The number of halogens is 1. The van der Waals surface area contributed by atoms with Gasteiger partial charge in [-0.3, -0.25) is 0 Å². The quantitative estimate of drug-likeness (QED) is 0.851. The summed E-state index contributed by atoms with van der Waals surface area (Å²) in [6.07, 6.45) is 0. The maximum absolute atomic E-state index is 12.3. The predicted molar refractivity (Wildman–Crippen MR) is 76.8 cm³/mol. The molecule has 0 saturated carbocycles. The van der Waals surface area contributed by atoms with Crippen molar-refractivity contribution >= 4 is 21.6 Å². The number of rotatable bonds is 5. The summed E-state index contributed by atoms with van der Waals surface area (Å²) in [5.41, 5.74) is 1.16. The Morgan fingerprint density at radius 1 is 1.35 bits per heavy atom. The lowest BCUT2D eigenvalue weighted by molar-refractivity contribution is 0.378. The third-order valence-electron chi connectivity index (χ3n) is 2.83. The van der Waals surface area contributed by atoms with Crippen LogP contribution in [0, 0.1) is 6.92 Å². The van der Waals surface area contributed by atoms with Crippen molar-refractivity contribution in [1.29, 1.82) is 0 Å². The van der Waals surface area contributed by atoms with Crippen LogP contribution in [0.2, 0.25) is 5.02 Å².